The number of Topliss-reactive ketones (excluding diaryl/α,β-unsaturated/α-hetero) is 1. The second kappa shape index (κ2) is 5.35. The summed E-state index contributed by atoms with van der Waals surface area (Å²) in [6.07, 6.45) is 0. The lowest BCUT2D eigenvalue weighted by Crippen LogP contribution is -2.07. The lowest BCUT2D eigenvalue weighted by molar-refractivity contribution is -0.116. The van der Waals surface area contributed by atoms with Gasteiger partial charge in [-0.15, -0.1) is 10.2 Å². The Kier molecular flexibility index (Phi) is 3.81. The fourth-order valence-electron chi connectivity index (χ4n) is 1.30. The SMILES string of the molecule is CC(=O)C(C)Sc1nnc(-c2ccc(C)cc2)o1. The Morgan fingerprint density at radius 1 is 1.28 bits per heavy atom. The van der Waals surface area contributed by atoms with Crippen LogP contribution in [0.2, 0.25) is 0 Å². The van der Waals surface area contributed by atoms with Crippen molar-refractivity contribution in [2.24, 2.45) is 0 Å². The highest BCUT2D eigenvalue weighted by molar-refractivity contribution is 8.00. The van der Waals surface area contributed by atoms with Gasteiger partial charge in [0, 0.05) is 5.56 Å². The van der Waals surface area contributed by atoms with Gasteiger partial charge in [0.05, 0.1) is 5.25 Å². The van der Waals surface area contributed by atoms with E-state index in [1.165, 1.54) is 17.3 Å². The molecule has 2 rings (SSSR count). The van der Waals surface area contributed by atoms with Crippen molar-refractivity contribution in [3.05, 3.63) is 29.8 Å². The number of thioether (sulfide) groups is 1. The molecule has 0 amide bonds. The maximum absolute atomic E-state index is 11.2. The zero-order valence-corrected chi connectivity index (χ0v) is 11.3. The van der Waals surface area contributed by atoms with Crippen LogP contribution < -0.4 is 0 Å². The van der Waals surface area contributed by atoms with E-state index in [0.717, 1.165) is 5.56 Å². The molecule has 2 aromatic rings. The highest BCUT2D eigenvalue weighted by Crippen LogP contribution is 2.26. The van der Waals surface area contributed by atoms with Gasteiger partial charge in [0.1, 0.15) is 5.78 Å². The third-order valence-corrected chi connectivity index (χ3v) is 3.61. The molecule has 0 aliphatic carbocycles. The van der Waals surface area contributed by atoms with E-state index in [0.29, 0.717) is 11.1 Å². The molecule has 18 heavy (non-hydrogen) atoms. The van der Waals surface area contributed by atoms with E-state index in [1.807, 2.05) is 38.1 Å². The summed E-state index contributed by atoms with van der Waals surface area (Å²) >= 11 is 1.28. The minimum Gasteiger partial charge on any atom is -0.411 e. The predicted octanol–water partition coefficient (Wildman–Crippen LogP) is 3.11. The lowest BCUT2D eigenvalue weighted by Gasteiger charge is -2.01. The minimum absolute atomic E-state index is 0.0927. The second-order valence-electron chi connectivity index (χ2n) is 4.11. The highest BCUT2D eigenvalue weighted by Gasteiger charge is 2.15. The molecule has 0 spiro atoms. The van der Waals surface area contributed by atoms with Crippen molar-refractivity contribution in [1.82, 2.24) is 10.2 Å². The Morgan fingerprint density at radius 3 is 2.56 bits per heavy atom. The van der Waals surface area contributed by atoms with Crippen molar-refractivity contribution < 1.29 is 9.21 Å². The van der Waals surface area contributed by atoms with Gasteiger partial charge in [-0.1, -0.05) is 29.5 Å². The number of ketones is 1. The molecule has 0 radical (unpaired) electrons. The van der Waals surface area contributed by atoms with Crippen LogP contribution in [-0.2, 0) is 4.79 Å². The molecule has 1 atom stereocenters. The van der Waals surface area contributed by atoms with Crippen molar-refractivity contribution >= 4 is 17.5 Å². The number of aryl methyl sites for hydroxylation is 1. The third kappa shape index (κ3) is 2.98. The quantitative estimate of drug-likeness (QED) is 0.792. The van der Waals surface area contributed by atoms with Gasteiger partial charge in [0.15, 0.2) is 0 Å². The summed E-state index contributed by atoms with van der Waals surface area (Å²) in [5.41, 5.74) is 2.06. The summed E-state index contributed by atoms with van der Waals surface area (Å²) in [6, 6.07) is 7.85. The normalized spacial score (nSPS) is 12.4. The summed E-state index contributed by atoms with van der Waals surface area (Å²) in [4.78, 5) is 11.2. The summed E-state index contributed by atoms with van der Waals surface area (Å²) < 4.78 is 5.52. The lowest BCUT2D eigenvalue weighted by atomic mass is 10.1. The van der Waals surface area contributed by atoms with Gasteiger partial charge in [-0.3, -0.25) is 4.79 Å². The Bertz CT molecular complexity index is 548. The van der Waals surface area contributed by atoms with Crippen LogP contribution >= 0.6 is 11.8 Å². The third-order valence-electron chi connectivity index (χ3n) is 2.56. The van der Waals surface area contributed by atoms with Crippen LogP contribution in [0.1, 0.15) is 19.4 Å². The van der Waals surface area contributed by atoms with Gasteiger partial charge in [0.25, 0.3) is 5.22 Å². The van der Waals surface area contributed by atoms with E-state index in [1.54, 1.807) is 6.92 Å². The molecule has 0 saturated heterocycles. The zero-order chi connectivity index (χ0) is 13.1. The first-order valence-corrected chi connectivity index (χ1v) is 6.52. The van der Waals surface area contributed by atoms with Crippen LogP contribution in [0.25, 0.3) is 11.5 Å². The van der Waals surface area contributed by atoms with E-state index in [-0.39, 0.29) is 11.0 Å². The Labute approximate surface area is 110 Å². The number of hydrogen-bond acceptors (Lipinski definition) is 5. The first kappa shape index (κ1) is 12.8. The second-order valence-corrected chi connectivity index (χ2v) is 5.40. The zero-order valence-electron chi connectivity index (χ0n) is 10.5. The summed E-state index contributed by atoms with van der Waals surface area (Å²) in [5, 5.41) is 8.17. The molecule has 0 fully saturated rings. The van der Waals surface area contributed by atoms with Crippen molar-refractivity contribution in [1.29, 1.82) is 0 Å². The summed E-state index contributed by atoms with van der Waals surface area (Å²) in [7, 11) is 0. The molecular weight excluding hydrogens is 248 g/mol. The predicted molar refractivity (Wildman–Crippen MR) is 70.5 cm³/mol. The number of nitrogens with zero attached hydrogens (tertiary/aromatic N) is 2. The Hall–Kier alpha value is -1.62. The Morgan fingerprint density at radius 2 is 1.94 bits per heavy atom. The molecular formula is C13H14N2O2S. The number of carbonyl (C=O) groups is 1. The van der Waals surface area contributed by atoms with Crippen molar-refractivity contribution in [2.75, 3.05) is 0 Å². The largest absolute Gasteiger partial charge is 0.411 e. The van der Waals surface area contributed by atoms with Crippen molar-refractivity contribution in [3.63, 3.8) is 0 Å². The van der Waals surface area contributed by atoms with Crippen LogP contribution in [-0.4, -0.2) is 21.2 Å². The maximum atomic E-state index is 11.2. The number of rotatable bonds is 4. The van der Waals surface area contributed by atoms with Crippen LogP contribution in [0.3, 0.4) is 0 Å². The number of aromatic nitrogens is 2. The van der Waals surface area contributed by atoms with Crippen molar-refractivity contribution in [2.45, 2.75) is 31.2 Å². The molecule has 0 saturated carbocycles. The standard InChI is InChI=1S/C13H14N2O2S/c1-8-4-6-11(7-5-8)12-14-15-13(17-12)18-10(3)9(2)16/h4-7,10H,1-3H3. The molecule has 0 bridgehead atoms. The molecule has 0 aliphatic heterocycles. The molecule has 0 N–H and O–H groups in total. The van der Waals surface area contributed by atoms with Gasteiger partial charge in [0.2, 0.25) is 5.89 Å². The number of carbonyl (C=O) groups excluding carboxylic acids is 1. The molecule has 4 nitrogen and oxygen atoms in total. The van der Waals surface area contributed by atoms with Crippen molar-refractivity contribution in [3.8, 4) is 11.5 Å². The fraction of sp³-hybridized carbons (Fsp3) is 0.308. The van der Waals surface area contributed by atoms with Crippen LogP contribution in [0.4, 0.5) is 0 Å². The van der Waals surface area contributed by atoms with Gasteiger partial charge in [-0.25, -0.2) is 0 Å². The van der Waals surface area contributed by atoms with Crippen LogP contribution in [0, 0.1) is 6.92 Å². The molecule has 1 unspecified atom stereocenters. The van der Waals surface area contributed by atoms with Gasteiger partial charge >= 0.3 is 0 Å². The molecule has 0 aliphatic rings. The van der Waals surface area contributed by atoms with E-state index in [9.17, 15) is 4.79 Å². The average molecular weight is 262 g/mol. The summed E-state index contributed by atoms with van der Waals surface area (Å²) in [5.74, 6) is 0.573. The van der Waals surface area contributed by atoms with E-state index in [2.05, 4.69) is 10.2 Å². The first-order valence-electron chi connectivity index (χ1n) is 5.64. The first-order chi connectivity index (χ1) is 8.56. The van der Waals surface area contributed by atoms with Crippen LogP contribution in [0.15, 0.2) is 33.9 Å². The highest BCUT2D eigenvalue weighted by atomic mass is 32.2. The molecule has 94 valence electrons. The number of hydrogen-bond donors (Lipinski definition) is 0. The number of benzene rings is 1. The summed E-state index contributed by atoms with van der Waals surface area (Å²) in [6.45, 7) is 5.39. The maximum Gasteiger partial charge on any atom is 0.277 e. The smallest absolute Gasteiger partial charge is 0.277 e. The van der Waals surface area contributed by atoms with E-state index in [4.69, 9.17) is 4.42 Å². The van der Waals surface area contributed by atoms with Gasteiger partial charge < -0.3 is 4.42 Å². The van der Waals surface area contributed by atoms with Gasteiger partial charge in [-0.05, 0) is 32.9 Å². The molecule has 1 aromatic carbocycles. The van der Waals surface area contributed by atoms with Gasteiger partial charge in [-0.2, -0.15) is 0 Å². The molecule has 1 aromatic heterocycles. The topological polar surface area (TPSA) is 56.0 Å². The Balaban J connectivity index is 2.15. The van der Waals surface area contributed by atoms with E-state index < -0.39 is 0 Å². The average Bonchev–Trinajstić information content (AvgIpc) is 2.78. The van der Waals surface area contributed by atoms with Crippen LogP contribution in [0.5, 0.6) is 0 Å². The van der Waals surface area contributed by atoms with E-state index >= 15 is 0 Å². The molecule has 5 heteroatoms. The molecule has 1 heterocycles. The minimum atomic E-state index is -0.170. The monoisotopic (exact) mass is 262 g/mol. The fourth-order valence-corrected chi connectivity index (χ4v) is 1.99.